The van der Waals surface area contributed by atoms with Gasteiger partial charge in [-0.25, -0.2) is 0 Å². The number of amides is 1. The number of carbonyl (C=O) groups is 1. The van der Waals surface area contributed by atoms with Crippen LogP contribution in [0.15, 0.2) is 30.3 Å². The Labute approximate surface area is 101 Å². The summed E-state index contributed by atoms with van der Waals surface area (Å²) in [5, 5.41) is 10.3. The van der Waals surface area contributed by atoms with Crippen LogP contribution in [0.2, 0.25) is 0 Å². The summed E-state index contributed by atoms with van der Waals surface area (Å²) in [5.41, 5.74) is 0.819. The number of benzene rings is 1. The Kier molecular flexibility index (Phi) is 2.63. The van der Waals surface area contributed by atoms with E-state index in [2.05, 4.69) is 0 Å². The lowest BCUT2D eigenvalue weighted by Crippen LogP contribution is -2.35. The second-order valence-corrected chi connectivity index (χ2v) is 5.01. The van der Waals surface area contributed by atoms with Gasteiger partial charge in [0.2, 0.25) is 5.91 Å². The fraction of sp³-hybridized carbons (Fsp3) is 0.500. The average Bonchev–Trinajstić information content (AvgIpc) is 2.64. The molecule has 2 aliphatic rings. The Morgan fingerprint density at radius 2 is 1.82 bits per heavy atom. The fourth-order valence-electron chi connectivity index (χ4n) is 3.19. The summed E-state index contributed by atoms with van der Waals surface area (Å²) in [7, 11) is 0. The number of anilines is 1. The van der Waals surface area contributed by atoms with Crippen molar-refractivity contribution in [3.8, 4) is 0 Å². The summed E-state index contributed by atoms with van der Waals surface area (Å²) < 4.78 is 0. The number of hydrogen-bond donors (Lipinski definition) is 1. The van der Waals surface area contributed by atoms with Crippen LogP contribution in [0.3, 0.4) is 0 Å². The molecule has 2 fully saturated rings. The normalized spacial score (nSPS) is 32.6. The van der Waals surface area contributed by atoms with Gasteiger partial charge in [0, 0.05) is 17.5 Å². The second-order valence-electron chi connectivity index (χ2n) is 5.01. The maximum absolute atomic E-state index is 12.3. The molecule has 3 atom stereocenters. The molecule has 1 heterocycles. The Morgan fingerprint density at radius 3 is 2.53 bits per heavy atom. The van der Waals surface area contributed by atoms with E-state index in [4.69, 9.17) is 0 Å². The van der Waals surface area contributed by atoms with E-state index in [1.54, 1.807) is 4.90 Å². The predicted molar refractivity (Wildman–Crippen MR) is 65.4 cm³/mol. The predicted octanol–water partition coefficient (Wildman–Crippen LogP) is 2.16. The molecule has 1 aliphatic carbocycles. The molecule has 1 aromatic carbocycles. The summed E-state index contributed by atoms with van der Waals surface area (Å²) in [6.45, 7) is 0. The Balaban J connectivity index is 1.93. The molecule has 0 radical (unpaired) electrons. The first-order chi connectivity index (χ1) is 8.29. The molecule has 3 nitrogen and oxygen atoms in total. The van der Waals surface area contributed by atoms with Crippen LogP contribution in [-0.4, -0.2) is 17.2 Å². The Hall–Kier alpha value is -1.35. The molecule has 90 valence electrons. The number of carbonyl (C=O) groups excluding carboxylic acids is 1. The summed E-state index contributed by atoms with van der Waals surface area (Å²) >= 11 is 0. The minimum absolute atomic E-state index is 0.0407. The third-order valence-electron chi connectivity index (χ3n) is 4.06. The van der Waals surface area contributed by atoms with Gasteiger partial charge in [0.1, 0.15) is 6.23 Å². The molecule has 1 saturated heterocycles. The van der Waals surface area contributed by atoms with Crippen LogP contribution in [0.1, 0.15) is 25.7 Å². The zero-order valence-electron chi connectivity index (χ0n) is 9.75. The number of fused-ring (bicyclic) bond motifs is 1. The van der Waals surface area contributed by atoms with Crippen LogP contribution < -0.4 is 4.90 Å². The van der Waals surface area contributed by atoms with E-state index in [0.717, 1.165) is 31.4 Å². The molecule has 3 heteroatoms. The molecule has 1 aliphatic heterocycles. The van der Waals surface area contributed by atoms with Gasteiger partial charge in [-0.3, -0.25) is 9.69 Å². The molecule has 0 bridgehead atoms. The molecule has 3 rings (SSSR count). The van der Waals surface area contributed by atoms with E-state index >= 15 is 0 Å². The highest BCUT2D eigenvalue weighted by atomic mass is 16.3. The minimum atomic E-state index is -0.629. The number of hydrogen-bond acceptors (Lipinski definition) is 2. The van der Waals surface area contributed by atoms with Crippen molar-refractivity contribution in [3.05, 3.63) is 30.3 Å². The van der Waals surface area contributed by atoms with Crippen molar-refractivity contribution in [2.75, 3.05) is 4.90 Å². The summed E-state index contributed by atoms with van der Waals surface area (Å²) in [6.07, 6.45) is 3.52. The highest BCUT2D eigenvalue weighted by Gasteiger charge is 2.48. The molecule has 17 heavy (non-hydrogen) atoms. The van der Waals surface area contributed by atoms with Gasteiger partial charge in [-0.15, -0.1) is 0 Å². The molecule has 1 amide bonds. The first kappa shape index (κ1) is 10.8. The third-order valence-corrected chi connectivity index (χ3v) is 4.06. The number of aliphatic hydroxyl groups excluding tert-OH is 1. The standard InChI is InChI=1S/C14H17NO2/c16-13-11-8-4-5-9-12(11)14(17)15(13)10-6-2-1-3-7-10/h1-3,6-7,11-13,16H,4-5,8-9H2/t11-,12+,13-/m1/s1. The van der Waals surface area contributed by atoms with Crippen LogP contribution in [0.5, 0.6) is 0 Å². The largest absolute Gasteiger partial charge is 0.373 e. The maximum Gasteiger partial charge on any atom is 0.232 e. The zero-order valence-corrected chi connectivity index (χ0v) is 9.75. The first-order valence-corrected chi connectivity index (χ1v) is 6.35. The number of nitrogens with zero attached hydrogens (tertiary/aromatic N) is 1. The van der Waals surface area contributed by atoms with E-state index in [1.165, 1.54) is 0 Å². The van der Waals surface area contributed by atoms with Crippen molar-refractivity contribution in [3.63, 3.8) is 0 Å². The topological polar surface area (TPSA) is 40.5 Å². The number of rotatable bonds is 1. The second kappa shape index (κ2) is 4.15. The summed E-state index contributed by atoms with van der Waals surface area (Å²) in [5.74, 6) is 0.281. The van der Waals surface area contributed by atoms with Gasteiger partial charge in [0.05, 0.1) is 0 Å². The van der Waals surface area contributed by atoms with Crippen molar-refractivity contribution in [1.82, 2.24) is 0 Å². The highest BCUT2D eigenvalue weighted by Crippen LogP contribution is 2.42. The Morgan fingerprint density at radius 1 is 1.12 bits per heavy atom. The monoisotopic (exact) mass is 231 g/mol. The van der Waals surface area contributed by atoms with Crippen molar-refractivity contribution >= 4 is 11.6 Å². The number of para-hydroxylation sites is 1. The lowest BCUT2D eigenvalue weighted by Gasteiger charge is -2.25. The lowest BCUT2D eigenvalue weighted by molar-refractivity contribution is -0.121. The molecule has 0 unspecified atom stereocenters. The SMILES string of the molecule is O=C1[C@H]2CCCC[C@H]2[C@@H](O)N1c1ccccc1. The first-order valence-electron chi connectivity index (χ1n) is 6.35. The number of aliphatic hydroxyl groups is 1. The fourth-order valence-corrected chi connectivity index (χ4v) is 3.19. The van der Waals surface area contributed by atoms with E-state index < -0.39 is 6.23 Å². The quantitative estimate of drug-likeness (QED) is 0.804. The smallest absolute Gasteiger partial charge is 0.232 e. The van der Waals surface area contributed by atoms with Gasteiger partial charge in [-0.1, -0.05) is 31.0 Å². The van der Waals surface area contributed by atoms with Crippen LogP contribution in [0.4, 0.5) is 5.69 Å². The van der Waals surface area contributed by atoms with Crippen LogP contribution in [0.25, 0.3) is 0 Å². The van der Waals surface area contributed by atoms with E-state index in [0.29, 0.717) is 0 Å². The van der Waals surface area contributed by atoms with Gasteiger partial charge >= 0.3 is 0 Å². The van der Waals surface area contributed by atoms with Gasteiger partial charge in [-0.2, -0.15) is 0 Å². The molecular weight excluding hydrogens is 214 g/mol. The van der Waals surface area contributed by atoms with Crippen LogP contribution in [0, 0.1) is 11.8 Å². The molecular formula is C14H17NO2. The van der Waals surface area contributed by atoms with Crippen molar-refractivity contribution < 1.29 is 9.90 Å². The van der Waals surface area contributed by atoms with E-state index in [1.807, 2.05) is 30.3 Å². The van der Waals surface area contributed by atoms with E-state index in [9.17, 15) is 9.90 Å². The Bertz CT molecular complexity index is 417. The van der Waals surface area contributed by atoms with Crippen molar-refractivity contribution in [2.45, 2.75) is 31.9 Å². The maximum atomic E-state index is 12.3. The zero-order chi connectivity index (χ0) is 11.8. The molecule has 1 saturated carbocycles. The molecule has 0 spiro atoms. The van der Waals surface area contributed by atoms with Gasteiger partial charge in [-0.05, 0) is 25.0 Å². The average molecular weight is 231 g/mol. The van der Waals surface area contributed by atoms with Crippen molar-refractivity contribution in [1.29, 1.82) is 0 Å². The molecule has 0 aromatic heterocycles. The summed E-state index contributed by atoms with van der Waals surface area (Å²) in [4.78, 5) is 13.9. The van der Waals surface area contributed by atoms with Gasteiger partial charge < -0.3 is 5.11 Å². The summed E-state index contributed by atoms with van der Waals surface area (Å²) in [6, 6.07) is 9.50. The molecule has 1 aromatic rings. The van der Waals surface area contributed by atoms with Gasteiger partial charge in [0.15, 0.2) is 0 Å². The highest BCUT2D eigenvalue weighted by molar-refractivity contribution is 5.98. The van der Waals surface area contributed by atoms with Crippen LogP contribution >= 0.6 is 0 Å². The van der Waals surface area contributed by atoms with Crippen LogP contribution in [-0.2, 0) is 4.79 Å². The van der Waals surface area contributed by atoms with Crippen molar-refractivity contribution in [2.24, 2.45) is 11.8 Å². The molecule has 1 N–H and O–H groups in total. The lowest BCUT2D eigenvalue weighted by atomic mass is 9.81. The van der Waals surface area contributed by atoms with Gasteiger partial charge in [0.25, 0.3) is 0 Å². The van der Waals surface area contributed by atoms with E-state index in [-0.39, 0.29) is 17.7 Å². The minimum Gasteiger partial charge on any atom is -0.373 e. The third kappa shape index (κ3) is 1.65.